The molecule has 3 aromatic rings. The maximum Gasteiger partial charge on any atom is 0.0867 e. The molecule has 0 aliphatic carbocycles. The molecule has 3 rings (SSSR count). The first-order valence-electron chi connectivity index (χ1n) is 7.68. The Bertz CT molecular complexity index is 849. The Balaban J connectivity index is 1.62. The minimum Gasteiger partial charge on any atom is -0.350 e. The van der Waals surface area contributed by atoms with Crippen molar-refractivity contribution >= 4 is 34.5 Å². The molecule has 3 nitrogen and oxygen atoms in total. The maximum absolute atomic E-state index is 5.95. The first-order chi connectivity index (χ1) is 11.1. The number of aryl methyl sites for hydroxylation is 2. The number of hydrogen-bond acceptors (Lipinski definition) is 1. The predicted octanol–water partition coefficient (Wildman–Crippen LogP) is 4.82. The van der Waals surface area contributed by atoms with Crippen LogP contribution in [0.3, 0.4) is 0 Å². The number of nitrogens with zero attached hydrogens (tertiary/aromatic N) is 2. The second-order valence-electron chi connectivity index (χ2n) is 5.73. The highest BCUT2D eigenvalue weighted by molar-refractivity contribution is 6.30. The molecular weight excluding hydrogens is 306 g/mol. The molecule has 2 aromatic carbocycles. The van der Waals surface area contributed by atoms with E-state index in [-0.39, 0.29) is 0 Å². The van der Waals surface area contributed by atoms with Gasteiger partial charge in [-0.05, 0) is 49.2 Å². The molecule has 118 valence electrons. The van der Waals surface area contributed by atoms with Crippen LogP contribution in [0, 0.1) is 6.92 Å². The van der Waals surface area contributed by atoms with E-state index in [1.807, 2.05) is 24.3 Å². The van der Waals surface area contributed by atoms with Crippen molar-refractivity contribution in [1.29, 1.82) is 0 Å². The van der Waals surface area contributed by atoms with Crippen molar-refractivity contribution in [3.8, 4) is 0 Å². The number of aromatic nitrogens is 1. The quantitative estimate of drug-likeness (QED) is 0.528. The molecule has 0 saturated carbocycles. The number of nitrogens with one attached hydrogen (secondary N) is 1. The van der Waals surface area contributed by atoms with Gasteiger partial charge in [-0.1, -0.05) is 29.3 Å². The van der Waals surface area contributed by atoms with Gasteiger partial charge in [0.05, 0.1) is 6.34 Å². The fourth-order valence-corrected chi connectivity index (χ4v) is 2.92. The van der Waals surface area contributed by atoms with E-state index in [1.54, 1.807) is 6.34 Å². The van der Waals surface area contributed by atoms with Crippen LogP contribution in [0.25, 0.3) is 10.9 Å². The number of aliphatic imine (C=N–C) groups is 1. The molecule has 0 unspecified atom stereocenters. The van der Waals surface area contributed by atoms with E-state index in [4.69, 9.17) is 11.6 Å². The molecule has 0 atom stereocenters. The highest BCUT2D eigenvalue weighted by Gasteiger charge is 2.05. The van der Waals surface area contributed by atoms with E-state index >= 15 is 0 Å². The van der Waals surface area contributed by atoms with Gasteiger partial charge in [0, 0.05) is 41.4 Å². The fraction of sp³-hybridized carbons (Fsp3) is 0.211. The average Bonchev–Trinajstić information content (AvgIpc) is 2.83. The number of rotatable bonds is 5. The van der Waals surface area contributed by atoms with Crippen LogP contribution in [-0.2, 0) is 13.5 Å². The molecule has 1 N–H and O–H groups in total. The van der Waals surface area contributed by atoms with Gasteiger partial charge in [-0.15, -0.1) is 0 Å². The molecule has 0 saturated heterocycles. The van der Waals surface area contributed by atoms with Crippen LogP contribution in [-0.4, -0.2) is 17.5 Å². The van der Waals surface area contributed by atoms with E-state index < -0.39 is 0 Å². The van der Waals surface area contributed by atoms with Crippen LogP contribution in [0.4, 0.5) is 5.69 Å². The second kappa shape index (κ2) is 6.88. The molecule has 0 radical (unpaired) electrons. The van der Waals surface area contributed by atoms with Crippen molar-refractivity contribution in [1.82, 2.24) is 4.57 Å². The summed E-state index contributed by atoms with van der Waals surface area (Å²) < 4.78 is 2.18. The number of benzene rings is 2. The maximum atomic E-state index is 5.95. The van der Waals surface area contributed by atoms with Crippen LogP contribution in [0.5, 0.6) is 0 Å². The summed E-state index contributed by atoms with van der Waals surface area (Å²) >= 11 is 5.95. The third-order valence-electron chi connectivity index (χ3n) is 3.88. The lowest BCUT2D eigenvalue weighted by atomic mass is 10.1. The summed E-state index contributed by atoms with van der Waals surface area (Å²) in [5.41, 5.74) is 4.84. The zero-order valence-corrected chi connectivity index (χ0v) is 14.1. The first-order valence-corrected chi connectivity index (χ1v) is 8.06. The summed E-state index contributed by atoms with van der Waals surface area (Å²) in [7, 11) is 2.09. The predicted molar refractivity (Wildman–Crippen MR) is 99.8 cm³/mol. The molecular formula is C19H20ClN3. The van der Waals surface area contributed by atoms with Gasteiger partial charge < -0.3 is 9.88 Å². The number of halogens is 1. The highest BCUT2D eigenvalue weighted by Crippen LogP contribution is 2.22. The summed E-state index contributed by atoms with van der Waals surface area (Å²) in [6.45, 7) is 2.88. The monoisotopic (exact) mass is 325 g/mol. The van der Waals surface area contributed by atoms with E-state index in [2.05, 4.69) is 53.2 Å². The Morgan fingerprint density at radius 2 is 2.09 bits per heavy atom. The zero-order chi connectivity index (χ0) is 16.2. The number of hydrogen-bond donors (Lipinski definition) is 1. The van der Waals surface area contributed by atoms with Crippen molar-refractivity contribution < 1.29 is 0 Å². The van der Waals surface area contributed by atoms with Crippen LogP contribution in [0.1, 0.15) is 11.1 Å². The minimum absolute atomic E-state index is 0.717. The molecule has 23 heavy (non-hydrogen) atoms. The lowest BCUT2D eigenvalue weighted by Crippen LogP contribution is -1.97. The molecule has 1 aromatic heterocycles. The Morgan fingerprint density at radius 3 is 2.91 bits per heavy atom. The molecule has 0 bridgehead atoms. The molecule has 1 heterocycles. The van der Waals surface area contributed by atoms with Crippen LogP contribution < -0.4 is 5.32 Å². The standard InChI is InChI=1S/C19H20ClN3/c1-14-6-7-19-18(10-14)15(12-23(19)2)8-9-21-13-22-17-5-3-4-16(20)11-17/h3-7,10-13H,8-9H2,1-2H3,(H,21,22). The van der Waals surface area contributed by atoms with E-state index in [0.717, 1.165) is 23.7 Å². The van der Waals surface area contributed by atoms with Crippen molar-refractivity contribution in [3.05, 3.63) is 64.8 Å². The Kier molecular flexibility index (Phi) is 4.68. The van der Waals surface area contributed by atoms with Gasteiger partial charge in [0.1, 0.15) is 0 Å². The van der Waals surface area contributed by atoms with Gasteiger partial charge in [0.25, 0.3) is 0 Å². The van der Waals surface area contributed by atoms with Crippen LogP contribution in [0.15, 0.2) is 53.7 Å². The van der Waals surface area contributed by atoms with Crippen LogP contribution >= 0.6 is 11.6 Å². The summed E-state index contributed by atoms with van der Waals surface area (Å²) in [5.74, 6) is 0. The van der Waals surface area contributed by atoms with Gasteiger partial charge in [-0.25, -0.2) is 0 Å². The van der Waals surface area contributed by atoms with Crippen molar-refractivity contribution in [3.63, 3.8) is 0 Å². The number of fused-ring (bicyclic) bond motifs is 1. The van der Waals surface area contributed by atoms with Crippen LogP contribution in [0.2, 0.25) is 5.02 Å². The Hall–Kier alpha value is -2.26. The van der Waals surface area contributed by atoms with Crippen molar-refractivity contribution in [2.45, 2.75) is 13.3 Å². The molecule has 0 amide bonds. The minimum atomic E-state index is 0.717. The normalized spacial score (nSPS) is 11.4. The van der Waals surface area contributed by atoms with Gasteiger partial charge in [-0.3, -0.25) is 4.99 Å². The third kappa shape index (κ3) is 3.74. The summed E-state index contributed by atoms with van der Waals surface area (Å²) in [6, 6.07) is 14.2. The molecule has 0 spiro atoms. The van der Waals surface area contributed by atoms with E-state index in [1.165, 1.54) is 22.0 Å². The van der Waals surface area contributed by atoms with Gasteiger partial charge >= 0.3 is 0 Å². The SMILES string of the molecule is Cc1ccc2c(c1)c(CCN=CNc1cccc(Cl)c1)cn2C. The second-order valence-corrected chi connectivity index (χ2v) is 6.16. The molecule has 4 heteroatoms. The van der Waals surface area contributed by atoms with Gasteiger partial charge in [-0.2, -0.15) is 0 Å². The Labute approximate surface area is 141 Å². The van der Waals surface area contributed by atoms with Gasteiger partial charge in [0.2, 0.25) is 0 Å². The molecule has 0 fully saturated rings. The first kappa shape index (κ1) is 15.6. The zero-order valence-electron chi connectivity index (χ0n) is 13.4. The smallest absolute Gasteiger partial charge is 0.0867 e. The largest absolute Gasteiger partial charge is 0.350 e. The van der Waals surface area contributed by atoms with E-state index in [9.17, 15) is 0 Å². The topological polar surface area (TPSA) is 29.3 Å². The third-order valence-corrected chi connectivity index (χ3v) is 4.12. The summed E-state index contributed by atoms with van der Waals surface area (Å²) in [5, 5.41) is 5.18. The Morgan fingerprint density at radius 1 is 1.22 bits per heavy atom. The molecule has 0 aliphatic rings. The lowest BCUT2D eigenvalue weighted by Gasteiger charge is -2.00. The summed E-state index contributed by atoms with van der Waals surface area (Å²) in [4.78, 5) is 4.44. The molecule has 0 aliphatic heterocycles. The number of anilines is 1. The average molecular weight is 326 g/mol. The van der Waals surface area contributed by atoms with Crippen molar-refractivity contribution in [2.75, 3.05) is 11.9 Å². The van der Waals surface area contributed by atoms with Gasteiger partial charge in [0.15, 0.2) is 0 Å². The lowest BCUT2D eigenvalue weighted by molar-refractivity contribution is 0.930. The summed E-state index contributed by atoms with van der Waals surface area (Å²) in [6.07, 6.45) is 4.86. The van der Waals surface area contributed by atoms with Crippen molar-refractivity contribution in [2.24, 2.45) is 12.0 Å². The fourth-order valence-electron chi connectivity index (χ4n) is 2.73. The van der Waals surface area contributed by atoms with E-state index in [0.29, 0.717) is 0 Å². The highest BCUT2D eigenvalue weighted by atomic mass is 35.5.